The van der Waals surface area contributed by atoms with Gasteiger partial charge in [-0.3, -0.25) is 19.9 Å². The van der Waals surface area contributed by atoms with Gasteiger partial charge in [-0.1, -0.05) is 41.4 Å². The van der Waals surface area contributed by atoms with Gasteiger partial charge in [0.1, 0.15) is 0 Å². The molecule has 2 heterocycles. The first-order valence-corrected chi connectivity index (χ1v) is 11.0. The fourth-order valence-electron chi connectivity index (χ4n) is 3.18. The highest BCUT2D eigenvalue weighted by Crippen LogP contribution is 2.29. The van der Waals surface area contributed by atoms with E-state index in [-0.39, 0.29) is 23.3 Å². The molecule has 2 amide bonds. The van der Waals surface area contributed by atoms with Crippen molar-refractivity contribution >= 4 is 46.8 Å². The second kappa shape index (κ2) is 10.7. The number of amides is 2. The Morgan fingerprint density at radius 1 is 1.39 bits per heavy atom. The van der Waals surface area contributed by atoms with E-state index in [4.69, 9.17) is 27.9 Å². The zero-order valence-corrected chi connectivity index (χ0v) is 17.7. The predicted molar refractivity (Wildman–Crippen MR) is 112 cm³/mol. The number of nitrogens with zero attached hydrogens (tertiary/aromatic N) is 1. The van der Waals surface area contributed by atoms with E-state index in [0.717, 1.165) is 26.1 Å². The minimum atomic E-state index is -0.189. The fourth-order valence-corrected chi connectivity index (χ4v) is 4.36. The van der Waals surface area contributed by atoms with E-state index < -0.39 is 0 Å². The maximum Gasteiger partial charge on any atom is 0.257 e. The van der Waals surface area contributed by atoms with Gasteiger partial charge in [0, 0.05) is 32.3 Å². The predicted octanol–water partition coefficient (Wildman–Crippen LogP) is 1.32. The summed E-state index contributed by atoms with van der Waals surface area (Å²) in [6, 6.07) is 0. The summed E-state index contributed by atoms with van der Waals surface area (Å²) in [7, 11) is 0. The number of allylic oxidation sites excluding steroid dienone is 3. The first kappa shape index (κ1) is 21.7. The molecule has 0 aromatic heterocycles. The van der Waals surface area contributed by atoms with E-state index in [1.807, 2.05) is 12.2 Å². The monoisotopic (exact) mass is 446 g/mol. The van der Waals surface area contributed by atoms with Crippen molar-refractivity contribution in [1.29, 1.82) is 0 Å². The Morgan fingerprint density at radius 3 is 3.00 bits per heavy atom. The number of halogens is 2. The molecule has 154 valence electrons. The molecule has 28 heavy (non-hydrogen) atoms. The third-order valence-corrected chi connectivity index (χ3v) is 6.45. The molecule has 3 atom stereocenters. The Labute approximate surface area is 178 Å². The molecule has 0 aromatic carbocycles. The summed E-state index contributed by atoms with van der Waals surface area (Å²) in [4.78, 5) is 25.4. The Kier molecular flexibility index (Phi) is 8.25. The molecule has 0 aromatic rings. The van der Waals surface area contributed by atoms with Crippen molar-refractivity contribution in [2.45, 2.75) is 17.9 Å². The first-order valence-electron chi connectivity index (χ1n) is 9.19. The van der Waals surface area contributed by atoms with Gasteiger partial charge in [0.2, 0.25) is 5.91 Å². The van der Waals surface area contributed by atoms with Gasteiger partial charge in [-0.2, -0.15) is 0 Å². The normalized spacial score (nSPS) is 28.4. The van der Waals surface area contributed by atoms with Crippen molar-refractivity contribution in [3.8, 4) is 0 Å². The van der Waals surface area contributed by atoms with Gasteiger partial charge in [-0.25, -0.2) is 5.43 Å². The molecule has 7 nitrogen and oxygen atoms in total. The first-order chi connectivity index (χ1) is 13.5. The number of carbonyl (C=O) groups is 2. The van der Waals surface area contributed by atoms with Crippen molar-refractivity contribution in [3.63, 3.8) is 0 Å². The van der Waals surface area contributed by atoms with Gasteiger partial charge in [0.05, 0.1) is 33.9 Å². The van der Waals surface area contributed by atoms with E-state index in [9.17, 15) is 9.59 Å². The van der Waals surface area contributed by atoms with E-state index in [1.165, 1.54) is 17.8 Å². The molecule has 1 saturated heterocycles. The molecule has 0 radical (unpaired) electrons. The summed E-state index contributed by atoms with van der Waals surface area (Å²) >= 11 is 13.5. The Morgan fingerprint density at radius 2 is 2.25 bits per heavy atom. The molecule has 0 saturated carbocycles. The van der Waals surface area contributed by atoms with Crippen LogP contribution in [0.2, 0.25) is 0 Å². The number of nitrogens with one attached hydrogen (secondary N) is 3. The van der Waals surface area contributed by atoms with Crippen molar-refractivity contribution < 1.29 is 14.3 Å². The minimum Gasteiger partial charge on any atom is -0.374 e. The number of hydrogen-bond acceptors (Lipinski definition) is 6. The van der Waals surface area contributed by atoms with Crippen LogP contribution in [0.25, 0.3) is 0 Å². The number of hydrazine groups is 1. The number of hydrogen-bond donors (Lipinski definition) is 3. The van der Waals surface area contributed by atoms with Crippen LogP contribution in [-0.2, 0) is 14.3 Å². The largest absolute Gasteiger partial charge is 0.374 e. The van der Waals surface area contributed by atoms with Crippen LogP contribution in [0.15, 0.2) is 34.4 Å². The number of thioether (sulfide) groups is 1. The topological polar surface area (TPSA) is 82.7 Å². The van der Waals surface area contributed by atoms with Gasteiger partial charge in [-0.15, -0.1) is 11.8 Å². The average Bonchev–Trinajstić information content (AvgIpc) is 2.69. The third-order valence-electron chi connectivity index (χ3n) is 4.61. The zero-order chi connectivity index (χ0) is 19.9. The molecule has 1 aliphatic carbocycles. The summed E-state index contributed by atoms with van der Waals surface area (Å²) in [5.41, 5.74) is 5.32. The lowest BCUT2D eigenvalue weighted by atomic mass is 9.99. The van der Waals surface area contributed by atoms with Crippen LogP contribution >= 0.6 is 35.0 Å². The van der Waals surface area contributed by atoms with Gasteiger partial charge in [0.15, 0.2) is 0 Å². The van der Waals surface area contributed by atoms with Crippen LogP contribution in [0.5, 0.6) is 0 Å². The average molecular weight is 447 g/mol. The molecule has 1 fully saturated rings. The summed E-state index contributed by atoms with van der Waals surface area (Å²) < 4.78 is 5.78. The van der Waals surface area contributed by atoms with E-state index in [2.05, 4.69) is 21.1 Å². The van der Waals surface area contributed by atoms with Gasteiger partial charge < -0.3 is 10.1 Å². The molecule has 10 heteroatoms. The molecule has 2 aliphatic heterocycles. The fraction of sp³-hybridized carbons (Fsp3) is 0.556. The molecular weight excluding hydrogens is 423 g/mol. The second-order valence-corrected chi connectivity index (χ2v) is 8.79. The number of ether oxygens (including phenoxy) is 1. The summed E-state index contributed by atoms with van der Waals surface area (Å²) in [6.45, 7) is 3.66. The highest BCUT2D eigenvalue weighted by atomic mass is 35.5. The number of morpholine rings is 1. The molecule has 3 rings (SSSR count). The lowest BCUT2D eigenvalue weighted by Crippen LogP contribution is -2.49. The standard InChI is InChI=1S/C18H24Cl2N4O3S/c19-14-2-1-12(7-15(14)20)9-24-5-6-27-13(10-24)8-21-17(26)11-28-18-4-3-16(25)22-23-18/h2-4,7,12-13,18,23H,1,5-6,8-11H2,(H,21,26)(H,22,25)/t12?,13-,18?/m0/s1. The minimum absolute atomic E-state index is 0.0307. The van der Waals surface area contributed by atoms with E-state index >= 15 is 0 Å². The Hall–Kier alpha value is -1.03. The van der Waals surface area contributed by atoms with Crippen LogP contribution in [0.4, 0.5) is 0 Å². The van der Waals surface area contributed by atoms with Crippen LogP contribution in [0.1, 0.15) is 6.42 Å². The van der Waals surface area contributed by atoms with Gasteiger partial charge >= 0.3 is 0 Å². The van der Waals surface area contributed by atoms with Crippen LogP contribution in [0.3, 0.4) is 0 Å². The number of rotatable bonds is 7. The van der Waals surface area contributed by atoms with Crippen molar-refractivity contribution in [2.75, 3.05) is 38.5 Å². The lowest BCUT2D eigenvalue weighted by molar-refractivity contribution is -0.120. The summed E-state index contributed by atoms with van der Waals surface area (Å²) in [5, 5.41) is 4.06. The Bertz CT molecular complexity index is 686. The van der Waals surface area contributed by atoms with Gasteiger partial charge in [-0.05, 0) is 12.3 Å². The third kappa shape index (κ3) is 6.79. The van der Waals surface area contributed by atoms with Crippen molar-refractivity contribution in [1.82, 2.24) is 21.1 Å². The zero-order valence-electron chi connectivity index (χ0n) is 15.3. The molecule has 2 unspecified atom stereocenters. The smallest absolute Gasteiger partial charge is 0.257 e. The van der Waals surface area contributed by atoms with Gasteiger partial charge in [0.25, 0.3) is 5.91 Å². The van der Waals surface area contributed by atoms with Crippen molar-refractivity contribution in [3.05, 3.63) is 34.4 Å². The quantitative estimate of drug-likeness (QED) is 0.546. The highest BCUT2D eigenvalue weighted by molar-refractivity contribution is 8.00. The molecule has 3 N–H and O–H groups in total. The molecule has 0 spiro atoms. The van der Waals surface area contributed by atoms with E-state index in [0.29, 0.717) is 34.9 Å². The maximum atomic E-state index is 12.1. The summed E-state index contributed by atoms with van der Waals surface area (Å²) in [6.07, 6.45) is 8.02. The molecule has 0 bridgehead atoms. The SMILES string of the molecule is O=C1C=CC(SCC(=O)NC[C@H]2CN(CC3C=C(Cl)C(Cl)=CC3)CCO2)NN1. The Balaban J connectivity index is 1.35. The van der Waals surface area contributed by atoms with Crippen LogP contribution < -0.4 is 16.2 Å². The highest BCUT2D eigenvalue weighted by Gasteiger charge is 2.24. The van der Waals surface area contributed by atoms with Crippen LogP contribution in [0, 0.1) is 5.92 Å². The molecule has 3 aliphatic rings. The van der Waals surface area contributed by atoms with Crippen LogP contribution in [-0.4, -0.2) is 66.7 Å². The summed E-state index contributed by atoms with van der Waals surface area (Å²) in [5.74, 6) is 0.397. The maximum absolute atomic E-state index is 12.1. The lowest BCUT2D eigenvalue weighted by Gasteiger charge is -2.35. The van der Waals surface area contributed by atoms with Crippen molar-refractivity contribution in [2.24, 2.45) is 5.92 Å². The van der Waals surface area contributed by atoms with E-state index in [1.54, 1.807) is 6.08 Å². The molecular formula is C18H24Cl2N4O3S. The second-order valence-electron chi connectivity index (χ2n) is 6.84. The number of carbonyl (C=O) groups excluding carboxylic acids is 2.